The Labute approximate surface area is 106 Å². The van der Waals surface area contributed by atoms with Gasteiger partial charge < -0.3 is 10.5 Å². The quantitative estimate of drug-likeness (QED) is 0.856. The SMILES string of the molecule is Nc1cc(Cl)ccc1Oc1ncccc1Br. The predicted molar refractivity (Wildman–Crippen MR) is 67.9 cm³/mol. The second kappa shape index (κ2) is 4.72. The number of nitrogens with zero attached hydrogens (tertiary/aromatic N) is 1. The molecule has 5 heteroatoms. The molecule has 0 aliphatic heterocycles. The molecule has 0 saturated heterocycles. The summed E-state index contributed by atoms with van der Waals surface area (Å²) in [6.45, 7) is 0. The number of ether oxygens (including phenoxy) is 1. The zero-order valence-electron chi connectivity index (χ0n) is 8.15. The molecule has 1 aromatic carbocycles. The van der Waals surface area contributed by atoms with Crippen molar-refractivity contribution < 1.29 is 4.74 Å². The summed E-state index contributed by atoms with van der Waals surface area (Å²) < 4.78 is 6.32. The van der Waals surface area contributed by atoms with Gasteiger partial charge in [0.15, 0.2) is 5.75 Å². The molecule has 2 rings (SSSR count). The third kappa shape index (κ3) is 2.46. The van der Waals surface area contributed by atoms with Crippen LogP contribution < -0.4 is 10.5 Å². The van der Waals surface area contributed by atoms with Crippen LogP contribution in [0.15, 0.2) is 41.0 Å². The Bertz CT molecular complexity index is 519. The van der Waals surface area contributed by atoms with E-state index in [9.17, 15) is 0 Å². The number of halogens is 2. The highest BCUT2D eigenvalue weighted by atomic mass is 79.9. The fourth-order valence-electron chi connectivity index (χ4n) is 1.16. The van der Waals surface area contributed by atoms with Gasteiger partial charge in [-0.2, -0.15) is 0 Å². The minimum absolute atomic E-state index is 0.469. The maximum atomic E-state index is 5.79. The molecule has 0 amide bonds. The van der Waals surface area contributed by atoms with Gasteiger partial charge in [-0.3, -0.25) is 0 Å². The standard InChI is InChI=1S/C11H8BrClN2O/c12-8-2-1-5-15-11(8)16-10-4-3-7(13)6-9(10)14/h1-6H,14H2. The summed E-state index contributed by atoms with van der Waals surface area (Å²) in [7, 11) is 0. The second-order valence-electron chi connectivity index (χ2n) is 3.07. The Hall–Kier alpha value is -1.26. The molecule has 0 bridgehead atoms. The molecule has 1 aromatic heterocycles. The van der Waals surface area contributed by atoms with E-state index in [1.807, 2.05) is 12.1 Å². The molecule has 1 heterocycles. The van der Waals surface area contributed by atoms with Crippen LogP contribution in [0.25, 0.3) is 0 Å². The average Bonchev–Trinajstić information content (AvgIpc) is 2.25. The van der Waals surface area contributed by atoms with Gasteiger partial charge in [-0.1, -0.05) is 11.6 Å². The molecule has 2 N–H and O–H groups in total. The van der Waals surface area contributed by atoms with Crippen LogP contribution in [0.1, 0.15) is 0 Å². The van der Waals surface area contributed by atoms with Crippen molar-refractivity contribution in [2.45, 2.75) is 0 Å². The lowest BCUT2D eigenvalue weighted by Gasteiger charge is -2.08. The van der Waals surface area contributed by atoms with Crippen molar-refractivity contribution in [1.29, 1.82) is 0 Å². The smallest absolute Gasteiger partial charge is 0.233 e. The second-order valence-corrected chi connectivity index (χ2v) is 4.37. The number of benzene rings is 1. The van der Waals surface area contributed by atoms with Crippen molar-refractivity contribution in [3.63, 3.8) is 0 Å². The highest BCUT2D eigenvalue weighted by Crippen LogP contribution is 2.31. The van der Waals surface area contributed by atoms with Crippen LogP contribution in [-0.2, 0) is 0 Å². The van der Waals surface area contributed by atoms with Gasteiger partial charge in [0.1, 0.15) is 0 Å². The summed E-state index contributed by atoms with van der Waals surface area (Å²) in [5.41, 5.74) is 6.24. The summed E-state index contributed by atoms with van der Waals surface area (Å²) >= 11 is 9.13. The Morgan fingerprint density at radius 2 is 2.12 bits per heavy atom. The molecule has 0 aliphatic rings. The highest BCUT2D eigenvalue weighted by Gasteiger charge is 2.06. The van der Waals surface area contributed by atoms with Gasteiger partial charge in [-0.15, -0.1) is 0 Å². The first kappa shape index (κ1) is 11.2. The van der Waals surface area contributed by atoms with Gasteiger partial charge in [-0.25, -0.2) is 4.98 Å². The molecule has 0 aliphatic carbocycles. The largest absolute Gasteiger partial charge is 0.436 e. The number of nitrogens with two attached hydrogens (primary N) is 1. The molecule has 16 heavy (non-hydrogen) atoms. The monoisotopic (exact) mass is 298 g/mol. The number of anilines is 1. The minimum atomic E-state index is 0.469. The Morgan fingerprint density at radius 1 is 1.31 bits per heavy atom. The van der Waals surface area contributed by atoms with E-state index < -0.39 is 0 Å². The maximum absolute atomic E-state index is 5.79. The number of pyridine rings is 1. The third-order valence-electron chi connectivity index (χ3n) is 1.90. The lowest BCUT2D eigenvalue weighted by molar-refractivity contribution is 0.462. The van der Waals surface area contributed by atoms with E-state index >= 15 is 0 Å². The lowest BCUT2D eigenvalue weighted by Crippen LogP contribution is -1.93. The van der Waals surface area contributed by atoms with E-state index in [2.05, 4.69) is 20.9 Å². The van der Waals surface area contributed by atoms with Gasteiger partial charge in [0, 0.05) is 11.2 Å². The Morgan fingerprint density at radius 3 is 2.81 bits per heavy atom. The molecule has 0 spiro atoms. The first-order valence-corrected chi connectivity index (χ1v) is 5.67. The van der Waals surface area contributed by atoms with Crippen LogP contribution in [-0.4, -0.2) is 4.98 Å². The zero-order valence-corrected chi connectivity index (χ0v) is 10.5. The zero-order chi connectivity index (χ0) is 11.5. The summed E-state index contributed by atoms with van der Waals surface area (Å²) in [6.07, 6.45) is 1.65. The number of rotatable bonds is 2. The fourth-order valence-corrected chi connectivity index (χ4v) is 1.68. The number of nitrogen functional groups attached to an aromatic ring is 1. The van der Waals surface area contributed by atoms with E-state index in [-0.39, 0.29) is 0 Å². The fraction of sp³-hybridized carbons (Fsp3) is 0. The third-order valence-corrected chi connectivity index (χ3v) is 2.74. The number of aromatic nitrogens is 1. The first-order valence-electron chi connectivity index (χ1n) is 4.50. The van der Waals surface area contributed by atoms with E-state index in [1.165, 1.54) is 0 Å². The summed E-state index contributed by atoms with van der Waals surface area (Å²) in [5, 5.41) is 0.574. The van der Waals surface area contributed by atoms with Crippen LogP contribution in [0.2, 0.25) is 5.02 Å². The normalized spacial score (nSPS) is 10.1. The van der Waals surface area contributed by atoms with E-state index in [1.54, 1.807) is 24.4 Å². The maximum Gasteiger partial charge on any atom is 0.233 e. The van der Waals surface area contributed by atoms with E-state index in [4.69, 9.17) is 22.1 Å². The molecule has 0 fully saturated rings. The van der Waals surface area contributed by atoms with Crippen LogP contribution >= 0.6 is 27.5 Å². The van der Waals surface area contributed by atoms with Gasteiger partial charge >= 0.3 is 0 Å². The molecular weight excluding hydrogens is 291 g/mol. The van der Waals surface area contributed by atoms with Crippen molar-refractivity contribution >= 4 is 33.2 Å². The summed E-state index contributed by atoms with van der Waals surface area (Å²) in [4.78, 5) is 4.08. The van der Waals surface area contributed by atoms with Crippen molar-refractivity contribution in [2.24, 2.45) is 0 Å². The van der Waals surface area contributed by atoms with Gasteiger partial charge in [0.25, 0.3) is 0 Å². The van der Waals surface area contributed by atoms with Crippen molar-refractivity contribution in [1.82, 2.24) is 4.98 Å². The number of hydrogen-bond donors (Lipinski definition) is 1. The molecule has 3 nitrogen and oxygen atoms in total. The Kier molecular flexibility index (Phi) is 3.31. The molecule has 0 unspecified atom stereocenters. The van der Waals surface area contributed by atoms with E-state index in [0.29, 0.717) is 22.3 Å². The molecule has 82 valence electrons. The molecular formula is C11H8BrClN2O. The Balaban J connectivity index is 2.31. The first-order chi connectivity index (χ1) is 7.66. The molecule has 2 aromatic rings. The van der Waals surface area contributed by atoms with Crippen molar-refractivity contribution in [2.75, 3.05) is 5.73 Å². The number of hydrogen-bond acceptors (Lipinski definition) is 3. The predicted octanol–water partition coefficient (Wildman–Crippen LogP) is 3.87. The summed E-state index contributed by atoms with van der Waals surface area (Å²) in [5.74, 6) is 1.00. The van der Waals surface area contributed by atoms with Crippen LogP contribution in [0.3, 0.4) is 0 Å². The van der Waals surface area contributed by atoms with Crippen LogP contribution in [0.4, 0.5) is 5.69 Å². The van der Waals surface area contributed by atoms with E-state index in [0.717, 1.165) is 4.47 Å². The van der Waals surface area contributed by atoms with Gasteiger partial charge in [0.2, 0.25) is 5.88 Å². The van der Waals surface area contributed by atoms with Gasteiger partial charge in [-0.05, 0) is 46.3 Å². The molecule has 0 saturated carbocycles. The minimum Gasteiger partial charge on any atom is -0.436 e. The molecule has 0 atom stereocenters. The summed E-state index contributed by atoms with van der Waals surface area (Å²) in [6, 6.07) is 8.70. The molecule has 0 radical (unpaired) electrons. The van der Waals surface area contributed by atoms with Gasteiger partial charge in [0.05, 0.1) is 10.2 Å². The van der Waals surface area contributed by atoms with Crippen molar-refractivity contribution in [3.05, 3.63) is 46.0 Å². The topological polar surface area (TPSA) is 48.1 Å². The average molecular weight is 300 g/mol. The van der Waals surface area contributed by atoms with Crippen molar-refractivity contribution in [3.8, 4) is 11.6 Å². The van der Waals surface area contributed by atoms with Crippen LogP contribution in [0.5, 0.6) is 11.6 Å². The van der Waals surface area contributed by atoms with Crippen LogP contribution in [0, 0.1) is 0 Å². The lowest BCUT2D eigenvalue weighted by atomic mass is 10.3. The highest BCUT2D eigenvalue weighted by molar-refractivity contribution is 9.10.